The molecule has 0 radical (unpaired) electrons. The van der Waals surface area contributed by atoms with Crippen LogP contribution in [0.2, 0.25) is 0 Å². The number of carbonyl (C=O) groups is 2. The molecule has 1 amide bonds. The fraction of sp³-hybridized carbons (Fsp3) is 0.263. The summed E-state index contributed by atoms with van der Waals surface area (Å²) in [6.45, 7) is 0. The number of hydrogen-bond donors (Lipinski definition) is 2. The number of carbonyl (C=O) groups excluding carboxylic acids is 1. The molecule has 0 fully saturated rings. The highest BCUT2D eigenvalue weighted by atomic mass is 16.5. The standard InChI is InChI=1S/C19H21NO6/c1-24-15-10-13(11-16(25-2)17(15)26-3)18(21)20-14(19(22)23)9-12-7-5-4-6-8-12/h4-8,10-11,14H,9H2,1-3H3,(H,20,21)(H,22,23). The van der Waals surface area contributed by atoms with Gasteiger partial charge in [0.1, 0.15) is 6.04 Å². The van der Waals surface area contributed by atoms with Gasteiger partial charge in [0.2, 0.25) is 5.75 Å². The number of aliphatic carboxylic acids is 1. The number of methoxy groups -OCH3 is 3. The van der Waals surface area contributed by atoms with E-state index in [-0.39, 0.29) is 12.0 Å². The van der Waals surface area contributed by atoms with Crippen molar-refractivity contribution in [2.75, 3.05) is 21.3 Å². The van der Waals surface area contributed by atoms with Crippen molar-refractivity contribution in [1.29, 1.82) is 0 Å². The Hall–Kier alpha value is -3.22. The summed E-state index contributed by atoms with van der Waals surface area (Å²) in [6.07, 6.45) is 0.173. The molecule has 7 nitrogen and oxygen atoms in total. The van der Waals surface area contributed by atoms with E-state index < -0.39 is 17.9 Å². The summed E-state index contributed by atoms with van der Waals surface area (Å²) in [5.74, 6) is -0.688. The predicted molar refractivity (Wildman–Crippen MR) is 95.1 cm³/mol. The Bertz CT molecular complexity index is 750. The van der Waals surface area contributed by atoms with Crippen LogP contribution in [0.4, 0.5) is 0 Å². The molecule has 2 N–H and O–H groups in total. The molecule has 2 aromatic rings. The molecule has 2 aromatic carbocycles. The third-order valence-corrected chi connectivity index (χ3v) is 3.81. The minimum atomic E-state index is -1.12. The van der Waals surface area contributed by atoms with Crippen LogP contribution in [0, 0.1) is 0 Å². The second-order valence-electron chi connectivity index (χ2n) is 5.47. The van der Waals surface area contributed by atoms with Crippen molar-refractivity contribution in [2.45, 2.75) is 12.5 Å². The zero-order valence-electron chi connectivity index (χ0n) is 14.8. The Morgan fingerprint density at radius 1 is 1.00 bits per heavy atom. The van der Waals surface area contributed by atoms with Gasteiger partial charge in [0.15, 0.2) is 11.5 Å². The highest BCUT2D eigenvalue weighted by Gasteiger charge is 2.23. The Balaban J connectivity index is 2.25. The van der Waals surface area contributed by atoms with Crippen LogP contribution < -0.4 is 19.5 Å². The smallest absolute Gasteiger partial charge is 0.326 e. The number of carboxylic acids is 1. The second-order valence-corrected chi connectivity index (χ2v) is 5.47. The topological polar surface area (TPSA) is 94.1 Å². The maximum atomic E-state index is 12.6. The van der Waals surface area contributed by atoms with Gasteiger partial charge in [0.05, 0.1) is 21.3 Å². The van der Waals surface area contributed by atoms with E-state index in [1.54, 1.807) is 0 Å². The second kappa shape index (κ2) is 8.75. The first-order valence-electron chi connectivity index (χ1n) is 7.87. The van der Waals surface area contributed by atoms with Crippen molar-refractivity contribution < 1.29 is 28.9 Å². The quantitative estimate of drug-likeness (QED) is 0.750. The number of nitrogens with one attached hydrogen (secondary N) is 1. The molecule has 0 saturated carbocycles. The first kappa shape index (κ1) is 19.1. The van der Waals surface area contributed by atoms with Crippen LogP contribution in [0.25, 0.3) is 0 Å². The molecular weight excluding hydrogens is 338 g/mol. The first-order valence-corrected chi connectivity index (χ1v) is 7.87. The van der Waals surface area contributed by atoms with Gasteiger partial charge < -0.3 is 24.6 Å². The summed E-state index contributed by atoms with van der Waals surface area (Å²) >= 11 is 0. The van der Waals surface area contributed by atoms with E-state index in [2.05, 4.69) is 5.32 Å². The molecule has 0 heterocycles. The lowest BCUT2D eigenvalue weighted by Crippen LogP contribution is -2.42. The summed E-state index contributed by atoms with van der Waals surface area (Å²) in [4.78, 5) is 24.1. The van der Waals surface area contributed by atoms with Gasteiger partial charge in [0.25, 0.3) is 5.91 Å². The Kier molecular flexibility index (Phi) is 6.43. The molecule has 0 saturated heterocycles. The van der Waals surface area contributed by atoms with Gasteiger partial charge >= 0.3 is 5.97 Å². The number of amides is 1. The average Bonchev–Trinajstić information content (AvgIpc) is 2.66. The van der Waals surface area contributed by atoms with E-state index >= 15 is 0 Å². The Morgan fingerprint density at radius 3 is 2.04 bits per heavy atom. The van der Waals surface area contributed by atoms with Gasteiger partial charge in [-0.1, -0.05) is 30.3 Å². The van der Waals surface area contributed by atoms with Crippen molar-refractivity contribution in [1.82, 2.24) is 5.32 Å². The van der Waals surface area contributed by atoms with E-state index in [0.29, 0.717) is 17.2 Å². The molecule has 1 atom stereocenters. The van der Waals surface area contributed by atoms with Crippen molar-refractivity contribution in [3.63, 3.8) is 0 Å². The molecule has 0 bridgehead atoms. The number of ether oxygens (including phenoxy) is 3. The van der Waals surface area contributed by atoms with E-state index in [4.69, 9.17) is 14.2 Å². The minimum absolute atomic E-state index is 0.173. The van der Waals surface area contributed by atoms with Crippen LogP contribution in [0.15, 0.2) is 42.5 Å². The Morgan fingerprint density at radius 2 is 1.58 bits per heavy atom. The van der Waals surface area contributed by atoms with Gasteiger partial charge in [-0.05, 0) is 17.7 Å². The lowest BCUT2D eigenvalue weighted by Gasteiger charge is -2.17. The van der Waals surface area contributed by atoms with Crippen LogP contribution in [0.5, 0.6) is 17.2 Å². The van der Waals surface area contributed by atoms with Crippen LogP contribution in [0.3, 0.4) is 0 Å². The normalized spacial score (nSPS) is 11.3. The van der Waals surface area contributed by atoms with Crippen molar-refractivity contribution in [3.05, 3.63) is 53.6 Å². The van der Waals surface area contributed by atoms with Gasteiger partial charge in [0, 0.05) is 12.0 Å². The highest BCUT2D eigenvalue weighted by Crippen LogP contribution is 2.38. The monoisotopic (exact) mass is 359 g/mol. The van der Waals surface area contributed by atoms with E-state index in [1.807, 2.05) is 30.3 Å². The molecule has 138 valence electrons. The molecule has 0 aromatic heterocycles. The molecule has 0 spiro atoms. The fourth-order valence-corrected chi connectivity index (χ4v) is 2.50. The van der Waals surface area contributed by atoms with Gasteiger partial charge in [-0.15, -0.1) is 0 Å². The number of hydrogen-bond acceptors (Lipinski definition) is 5. The third kappa shape index (κ3) is 4.44. The molecule has 26 heavy (non-hydrogen) atoms. The van der Waals surface area contributed by atoms with E-state index in [9.17, 15) is 14.7 Å². The van der Waals surface area contributed by atoms with Crippen molar-refractivity contribution in [2.24, 2.45) is 0 Å². The van der Waals surface area contributed by atoms with Crippen LogP contribution in [-0.2, 0) is 11.2 Å². The molecule has 7 heteroatoms. The molecule has 1 unspecified atom stereocenters. The molecule has 0 aliphatic rings. The number of carboxylic acid groups (broad SMARTS) is 1. The highest BCUT2D eigenvalue weighted by molar-refractivity contribution is 5.97. The number of rotatable bonds is 8. The summed E-state index contributed by atoms with van der Waals surface area (Å²) < 4.78 is 15.6. The molecule has 0 aliphatic heterocycles. The number of benzene rings is 2. The maximum absolute atomic E-state index is 12.6. The molecule has 2 rings (SSSR count). The minimum Gasteiger partial charge on any atom is -0.493 e. The first-order chi connectivity index (χ1) is 12.5. The zero-order valence-corrected chi connectivity index (χ0v) is 14.8. The fourth-order valence-electron chi connectivity index (χ4n) is 2.50. The summed E-state index contributed by atoms with van der Waals surface area (Å²) in [7, 11) is 4.34. The van der Waals surface area contributed by atoms with Gasteiger partial charge in [-0.3, -0.25) is 4.79 Å². The Labute approximate surface area is 151 Å². The van der Waals surface area contributed by atoms with Crippen molar-refractivity contribution >= 4 is 11.9 Å². The molecular formula is C19H21NO6. The van der Waals surface area contributed by atoms with E-state index in [0.717, 1.165) is 5.56 Å². The van der Waals surface area contributed by atoms with Crippen LogP contribution in [0.1, 0.15) is 15.9 Å². The SMILES string of the molecule is COc1cc(C(=O)NC(Cc2ccccc2)C(=O)O)cc(OC)c1OC. The predicted octanol–water partition coefficient (Wildman–Crippen LogP) is 2.14. The lowest BCUT2D eigenvalue weighted by molar-refractivity contribution is -0.139. The molecule has 0 aliphatic carbocycles. The van der Waals surface area contributed by atoms with Gasteiger partial charge in [-0.25, -0.2) is 4.79 Å². The van der Waals surface area contributed by atoms with Crippen LogP contribution >= 0.6 is 0 Å². The average molecular weight is 359 g/mol. The summed E-state index contributed by atoms with van der Waals surface area (Å²) in [5.41, 5.74) is 1.02. The van der Waals surface area contributed by atoms with Gasteiger partial charge in [-0.2, -0.15) is 0 Å². The zero-order chi connectivity index (χ0) is 19.1. The maximum Gasteiger partial charge on any atom is 0.326 e. The summed E-state index contributed by atoms with van der Waals surface area (Å²) in [5, 5.41) is 12.0. The van der Waals surface area contributed by atoms with E-state index in [1.165, 1.54) is 33.5 Å². The third-order valence-electron chi connectivity index (χ3n) is 3.81. The lowest BCUT2D eigenvalue weighted by atomic mass is 10.1. The van der Waals surface area contributed by atoms with Crippen molar-refractivity contribution in [3.8, 4) is 17.2 Å². The largest absolute Gasteiger partial charge is 0.493 e. The van der Waals surface area contributed by atoms with Crippen LogP contribution in [-0.4, -0.2) is 44.4 Å². The summed E-state index contributed by atoms with van der Waals surface area (Å²) in [6, 6.07) is 11.0.